The van der Waals surface area contributed by atoms with Gasteiger partial charge in [0.15, 0.2) is 0 Å². The van der Waals surface area contributed by atoms with E-state index in [1.54, 1.807) is 14.2 Å². The van der Waals surface area contributed by atoms with E-state index in [0.717, 1.165) is 38.6 Å². The predicted octanol–water partition coefficient (Wildman–Crippen LogP) is 1.54. The number of hydrogen-bond donors (Lipinski definition) is 1. The van der Waals surface area contributed by atoms with Crippen molar-refractivity contribution in [2.24, 2.45) is 5.92 Å². The summed E-state index contributed by atoms with van der Waals surface area (Å²) in [6.07, 6.45) is 1.18. The summed E-state index contributed by atoms with van der Waals surface area (Å²) in [6.45, 7) is 6.83. The van der Waals surface area contributed by atoms with Crippen LogP contribution in [0, 0.1) is 5.92 Å². The summed E-state index contributed by atoms with van der Waals surface area (Å²) >= 11 is 4.36. The topological polar surface area (TPSA) is 21.7 Å². The lowest BCUT2D eigenvalue weighted by Crippen LogP contribution is -2.35. The first-order chi connectivity index (χ1) is 7.28. The van der Waals surface area contributed by atoms with Crippen LogP contribution in [-0.2, 0) is 9.47 Å². The van der Waals surface area contributed by atoms with Crippen molar-refractivity contribution in [2.45, 2.75) is 13.3 Å². The molecule has 0 aromatic carbocycles. The Morgan fingerprint density at radius 2 is 1.67 bits per heavy atom. The van der Waals surface area contributed by atoms with E-state index in [1.807, 2.05) is 0 Å². The minimum Gasteiger partial charge on any atom is -0.383 e. The van der Waals surface area contributed by atoms with E-state index in [1.165, 1.54) is 6.42 Å². The van der Waals surface area contributed by atoms with Crippen molar-refractivity contribution in [1.82, 2.24) is 4.90 Å². The van der Waals surface area contributed by atoms with Crippen molar-refractivity contribution in [3.05, 3.63) is 0 Å². The van der Waals surface area contributed by atoms with Gasteiger partial charge >= 0.3 is 0 Å². The number of thiol groups is 1. The zero-order valence-corrected chi connectivity index (χ0v) is 11.1. The summed E-state index contributed by atoms with van der Waals surface area (Å²) in [5.74, 6) is 1.62. The molecule has 0 aliphatic carbocycles. The van der Waals surface area contributed by atoms with Crippen molar-refractivity contribution in [1.29, 1.82) is 0 Å². The Morgan fingerprint density at radius 3 is 2.00 bits per heavy atom. The van der Waals surface area contributed by atoms with Gasteiger partial charge in [-0.3, -0.25) is 4.90 Å². The Morgan fingerprint density at radius 1 is 1.13 bits per heavy atom. The Kier molecular flexibility index (Phi) is 10.9. The Bertz CT molecular complexity index is 124. The van der Waals surface area contributed by atoms with Crippen LogP contribution in [0.2, 0.25) is 0 Å². The molecule has 0 spiro atoms. The minimum atomic E-state index is 0.669. The van der Waals surface area contributed by atoms with E-state index < -0.39 is 0 Å². The van der Waals surface area contributed by atoms with Crippen LogP contribution in [0.5, 0.6) is 0 Å². The van der Waals surface area contributed by atoms with Crippen molar-refractivity contribution in [2.75, 3.05) is 52.8 Å². The molecule has 0 saturated carbocycles. The van der Waals surface area contributed by atoms with E-state index in [9.17, 15) is 0 Å². The zero-order chi connectivity index (χ0) is 11.5. The lowest BCUT2D eigenvalue weighted by atomic mass is 10.1. The molecular formula is C11H25NO2S. The number of hydrogen-bond acceptors (Lipinski definition) is 4. The van der Waals surface area contributed by atoms with Crippen LogP contribution < -0.4 is 0 Å². The molecule has 15 heavy (non-hydrogen) atoms. The third kappa shape index (κ3) is 8.08. The second-order valence-electron chi connectivity index (χ2n) is 3.74. The smallest absolute Gasteiger partial charge is 0.0589 e. The first kappa shape index (κ1) is 15.2. The molecule has 0 rings (SSSR count). The molecular weight excluding hydrogens is 210 g/mol. The molecule has 3 nitrogen and oxygen atoms in total. The fraction of sp³-hybridized carbons (Fsp3) is 1.00. The molecule has 92 valence electrons. The first-order valence-electron chi connectivity index (χ1n) is 5.59. The van der Waals surface area contributed by atoms with Crippen molar-refractivity contribution < 1.29 is 9.47 Å². The molecule has 0 amide bonds. The van der Waals surface area contributed by atoms with Gasteiger partial charge in [-0.15, -0.1) is 0 Å². The van der Waals surface area contributed by atoms with Gasteiger partial charge in [0.1, 0.15) is 0 Å². The van der Waals surface area contributed by atoms with Gasteiger partial charge in [-0.2, -0.15) is 12.6 Å². The predicted molar refractivity (Wildman–Crippen MR) is 67.8 cm³/mol. The summed E-state index contributed by atoms with van der Waals surface area (Å²) < 4.78 is 10.2. The van der Waals surface area contributed by atoms with E-state index in [2.05, 4.69) is 24.5 Å². The van der Waals surface area contributed by atoms with Gasteiger partial charge in [0.25, 0.3) is 0 Å². The standard InChI is InChI=1S/C11H25NO2S/c1-4-11(10-15)9-12(5-7-13-2)6-8-14-3/h11,15H,4-10H2,1-3H3. The first-order valence-corrected chi connectivity index (χ1v) is 6.22. The molecule has 1 unspecified atom stereocenters. The van der Waals surface area contributed by atoms with Crippen LogP contribution in [-0.4, -0.2) is 57.7 Å². The highest BCUT2D eigenvalue weighted by molar-refractivity contribution is 7.80. The summed E-state index contributed by atoms with van der Waals surface area (Å²) in [6, 6.07) is 0. The molecule has 0 aliphatic heterocycles. The Balaban J connectivity index is 3.86. The molecule has 0 N–H and O–H groups in total. The summed E-state index contributed by atoms with van der Waals surface area (Å²) in [4.78, 5) is 2.39. The molecule has 0 radical (unpaired) electrons. The fourth-order valence-corrected chi connectivity index (χ4v) is 1.79. The average Bonchev–Trinajstić information content (AvgIpc) is 2.28. The number of rotatable bonds is 10. The third-order valence-electron chi connectivity index (χ3n) is 2.58. The van der Waals surface area contributed by atoms with Gasteiger partial charge in [0.05, 0.1) is 13.2 Å². The van der Waals surface area contributed by atoms with Gasteiger partial charge < -0.3 is 9.47 Å². The average molecular weight is 235 g/mol. The highest BCUT2D eigenvalue weighted by Crippen LogP contribution is 2.07. The maximum atomic E-state index is 5.10. The molecule has 0 saturated heterocycles. The SMILES string of the molecule is CCC(CS)CN(CCOC)CCOC. The summed E-state index contributed by atoms with van der Waals surface area (Å²) in [7, 11) is 3.48. The van der Waals surface area contributed by atoms with Crippen LogP contribution in [0.15, 0.2) is 0 Å². The molecule has 0 bridgehead atoms. The van der Waals surface area contributed by atoms with Crippen LogP contribution in [0.4, 0.5) is 0 Å². The maximum absolute atomic E-state index is 5.10. The van der Waals surface area contributed by atoms with Crippen LogP contribution in [0.1, 0.15) is 13.3 Å². The Hall–Kier alpha value is 0.230. The molecule has 1 atom stereocenters. The van der Waals surface area contributed by atoms with Gasteiger partial charge in [0.2, 0.25) is 0 Å². The summed E-state index contributed by atoms with van der Waals surface area (Å²) in [5, 5.41) is 0. The van der Waals surface area contributed by atoms with Gasteiger partial charge in [-0.1, -0.05) is 13.3 Å². The second-order valence-corrected chi connectivity index (χ2v) is 4.11. The van der Waals surface area contributed by atoms with Crippen molar-refractivity contribution in [3.63, 3.8) is 0 Å². The quantitative estimate of drug-likeness (QED) is 0.581. The normalized spacial score (nSPS) is 13.4. The zero-order valence-electron chi connectivity index (χ0n) is 10.2. The fourth-order valence-electron chi connectivity index (χ4n) is 1.42. The van der Waals surface area contributed by atoms with Crippen LogP contribution >= 0.6 is 12.6 Å². The molecule has 4 heteroatoms. The minimum absolute atomic E-state index is 0.669. The van der Waals surface area contributed by atoms with E-state index in [-0.39, 0.29) is 0 Å². The largest absolute Gasteiger partial charge is 0.383 e. The highest BCUT2D eigenvalue weighted by Gasteiger charge is 2.10. The lowest BCUT2D eigenvalue weighted by Gasteiger charge is -2.25. The summed E-state index contributed by atoms with van der Waals surface area (Å²) in [5.41, 5.74) is 0. The molecule has 0 aliphatic rings. The Labute approximate surface area is 99.5 Å². The van der Waals surface area contributed by atoms with Crippen molar-refractivity contribution in [3.8, 4) is 0 Å². The van der Waals surface area contributed by atoms with Crippen LogP contribution in [0.25, 0.3) is 0 Å². The molecule has 0 aromatic heterocycles. The highest BCUT2D eigenvalue weighted by atomic mass is 32.1. The third-order valence-corrected chi connectivity index (χ3v) is 3.09. The molecule has 0 fully saturated rings. The molecule has 0 aromatic rings. The second kappa shape index (κ2) is 10.7. The number of ether oxygens (including phenoxy) is 2. The van der Waals surface area contributed by atoms with Crippen LogP contribution in [0.3, 0.4) is 0 Å². The monoisotopic (exact) mass is 235 g/mol. The number of nitrogens with zero attached hydrogens (tertiary/aromatic N) is 1. The molecule has 0 heterocycles. The lowest BCUT2D eigenvalue weighted by molar-refractivity contribution is 0.105. The van der Waals surface area contributed by atoms with E-state index in [4.69, 9.17) is 9.47 Å². The van der Waals surface area contributed by atoms with Crippen molar-refractivity contribution >= 4 is 12.6 Å². The number of methoxy groups -OCH3 is 2. The van der Waals surface area contributed by atoms with Gasteiger partial charge in [-0.05, 0) is 11.7 Å². The van der Waals surface area contributed by atoms with E-state index >= 15 is 0 Å². The van der Waals surface area contributed by atoms with Gasteiger partial charge in [0, 0.05) is 33.9 Å². The maximum Gasteiger partial charge on any atom is 0.0589 e. The van der Waals surface area contributed by atoms with Gasteiger partial charge in [-0.25, -0.2) is 0 Å². The van der Waals surface area contributed by atoms with E-state index in [0.29, 0.717) is 5.92 Å².